The molecule has 17 heavy (non-hydrogen) atoms. The van der Waals surface area contributed by atoms with Gasteiger partial charge in [0.25, 0.3) is 0 Å². The van der Waals surface area contributed by atoms with Gasteiger partial charge in [-0.15, -0.1) is 0 Å². The Morgan fingerprint density at radius 1 is 1.18 bits per heavy atom. The van der Waals surface area contributed by atoms with Gasteiger partial charge in [-0.2, -0.15) is 5.10 Å². The number of rotatable bonds is 1. The van der Waals surface area contributed by atoms with Crippen LogP contribution in [0.5, 0.6) is 0 Å². The fourth-order valence-electron chi connectivity index (χ4n) is 1.93. The topological polar surface area (TPSA) is 43.6 Å². The average molecular weight is 224 g/mol. The van der Waals surface area contributed by atoms with Crippen LogP contribution in [-0.2, 0) is 7.05 Å². The van der Waals surface area contributed by atoms with Crippen molar-refractivity contribution in [2.24, 2.45) is 7.05 Å². The van der Waals surface area contributed by atoms with Crippen molar-refractivity contribution >= 4 is 11.0 Å². The Kier molecular flexibility index (Phi) is 2.14. The van der Waals surface area contributed by atoms with E-state index in [1.807, 2.05) is 49.1 Å². The van der Waals surface area contributed by atoms with E-state index in [1.165, 1.54) is 0 Å². The smallest absolute Gasteiger partial charge is 0.120 e. The average Bonchev–Trinajstić information content (AvgIpc) is 2.67. The maximum Gasteiger partial charge on any atom is 0.120 e. The lowest BCUT2D eigenvalue weighted by atomic mass is 10.2. The number of fused-ring (bicyclic) bond motifs is 1. The van der Waals surface area contributed by atoms with Gasteiger partial charge in [0.05, 0.1) is 5.52 Å². The van der Waals surface area contributed by atoms with Crippen molar-refractivity contribution in [3.8, 4) is 11.3 Å². The van der Waals surface area contributed by atoms with Crippen LogP contribution in [0.15, 0.2) is 36.7 Å². The zero-order valence-corrected chi connectivity index (χ0v) is 9.75. The van der Waals surface area contributed by atoms with E-state index in [4.69, 9.17) is 0 Å². The molecule has 0 unspecified atom stereocenters. The lowest BCUT2D eigenvalue weighted by molar-refractivity contribution is 0.800. The van der Waals surface area contributed by atoms with Crippen molar-refractivity contribution in [3.05, 3.63) is 42.4 Å². The molecule has 3 aromatic heterocycles. The van der Waals surface area contributed by atoms with Crippen molar-refractivity contribution in [1.29, 1.82) is 0 Å². The van der Waals surface area contributed by atoms with Crippen LogP contribution < -0.4 is 0 Å². The first-order valence-corrected chi connectivity index (χ1v) is 5.46. The molecule has 0 aliphatic heterocycles. The van der Waals surface area contributed by atoms with Crippen molar-refractivity contribution in [1.82, 2.24) is 19.7 Å². The molecule has 0 fully saturated rings. The van der Waals surface area contributed by atoms with Gasteiger partial charge in [0.2, 0.25) is 0 Å². The number of aromatic nitrogens is 4. The molecule has 0 saturated carbocycles. The highest BCUT2D eigenvalue weighted by atomic mass is 15.3. The number of hydrogen-bond donors (Lipinski definition) is 0. The van der Waals surface area contributed by atoms with Crippen LogP contribution in [0.1, 0.15) is 5.69 Å². The fraction of sp³-hybridized carbons (Fsp3) is 0.154. The minimum atomic E-state index is 0.888. The second kappa shape index (κ2) is 3.66. The van der Waals surface area contributed by atoms with Gasteiger partial charge in [-0.3, -0.25) is 9.67 Å². The lowest BCUT2D eigenvalue weighted by Crippen LogP contribution is -1.89. The van der Waals surface area contributed by atoms with E-state index in [9.17, 15) is 0 Å². The Bertz CT molecular complexity index is 670. The fourth-order valence-corrected chi connectivity index (χ4v) is 1.93. The summed E-state index contributed by atoms with van der Waals surface area (Å²) in [5.74, 6) is 0. The molecule has 4 heteroatoms. The second-order valence-electron chi connectivity index (χ2n) is 4.03. The number of nitrogens with zero attached hydrogens (tertiary/aromatic N) is 4. The Labute approximate surface area is 98.9 Å². The summed E-state index contributed by atoms with van der Waals surface area (Å²) in [7, 11) is 1.93. The standard InChI is InChI=1S/C13H12N4/c1-9-5-6-11-13(15-9)12(16-17(11)2)10-4-3-7-14-8-10/h3-8H,1-2H3. The van der Waals surface area contributed by atoms with Crippen LogP contribution in [0.4, 0.5) is 0 Å². The van der Waals surface area contributed by atoms with Crippen LogP contribution in [0, 0.1) is 6.92 Å². The maximum atomic E-state index is 4.56. The van der Waals surface area contributed by atoms with Gasteiger partial charge in [-0.1, -0.05) is 0 Å². The van der Waals surface area contributed by atoms with E-state index in [-0.39, 0.29) is 0 Å². The monoisotopic (exact) mass is 224 g/mol. The highest BCUT2D eigenvalue weighted by molar-refractivity contribution is 5.89. The summed E-state index contributed by atoms with van der Waals surface area (Å²) in [4.78, 5) is 8.68. The maximum absolute atomic E-state index is 4.56. The largest absolute Gasteiger partial charge is 0.266 e. The van der Waals surface area contributed by atoms with E-state index >= 15 is 0 Å². The zero-order valence-electron chi connectivity index (χ0n) is 9.75. The molecule has 0 atom stereocenters. The van der Waals surface area contributed by atoms with Gasteiger partial charge in [0.1, 0.15) is 11.2 Å². The minimum Gasteiger partial charge on any atom is -0.266 e. The second-order valence-corrected chi connectivity index (χ2v) is 4.03. The minimum absolute atomic E-state index is 0.888. The van der Waals surface area contributed by atoms with Gasteiger partial charge < -0.3 is 0 Å². The SMILES string of the molecule is Cc1ccc2c(n1)c(-c1cccnc1)nn2C. The number of aryl methyl sites for hydroxylation is 2. The molecule has 0 saturated heterocycles. The van der Waals surface area contributed by atoms with Crippen molar-refractivity contribution < 1.29 is 0 Å². The molecule has 0 N–H and O–H groups in total. The first-order valence-electron chi connectivity index (χ1n) is 5.46. The molecule has 0 amide bonds. The molecule has 3 rings (SSSR count). The van der Waals surface area contributed by atoms with E-state index in [2.05, 4.69) is 15.1 Å². The third-order valence-electron chi connectivity index (χ3n) is 2.77. The Morgan fingerprint density at radius 3 is 2.82 bits per heavy atom. The van der Waals surface area contributed by atoms with E-state index in [1.54, 1.807) is 6.20 Å². The van der Waals surface area contributed by atoms with Crippen LogP contribution >= 0.6 is 0 Å². The molecule has 0 aliphatic carbocycles. The Hall–Kier alpha value is -2.23. The number of pyridine rings is 2. The van der Waals surface area contributed by atoms with Gasteiger partial charge in [-0.25, -0.2) is 4.98 Å². The zero-order chi connectivity index (χ0) is 11.8. The third kappa shape index (κ3) is 1.58. The Morgan fingerprint density at radius 2 is 2.06 bits per heavy atom. The summed E-state index contributed by atoms with van der Waals surface area (Å²) in [5, 5.41) is 4.52. The molecule has 3 aromatic rings. The van der Waals surface area contributed by atoms with Crippen LogP contribution in [0.2, 0.25) is 0 Å². The molecule has 84 valence electrons. The molecule has 4 nitrogen and oxygen atoms in total. The number of hydrogen-bond acceptors (Lipinski definition) is 3. The summed E-state index contributed by atoms with van der Waals surface area (Å²) in [6.07, 6.45) is 3.57. The molecular formula is C13H12N4. The summed E-state index contributed by atoms with van der Waals surface area (Å²) in [6, 6.07) is 7.95. The molecule has 0 radical (unpaired) electrons. The van der Waals surface area contributed by atoms with Gasteiger partial charge in [0.15, 0.2) is 0 Å². The first kappa shape index (κ1) is 9.96. The van der Waals surface area contributed by atoms with Crippen LogP contribution in [0.25, 0.3) is 22.3 Å². The van der Waals surface area contributed by atoms with E-state index in [0.29, 0.717) is 0 Å². The van der Waals surface area contributed by atoms with Crippen molar-refractivity contribution in [2.45, 2.75) is 6.92 Å². The van der Waals surface area contributed by atoms with Gasteiger partial charge in [-0.05, 0) is 31.2 Å². The van der Waals surface area contributed by atoms with E-state index < -0.39 is 0 Å². The first-order chi connectivity index (χ1) is 8.25. The molecule has 0 bridgehead atoms. The van der Waals surface area contributed by atoms with Crippen LogP contribution in [0.3, 0.4) is 0 Å². The van der Waals surface area contributed by atoms with Gasteiger partial charge in [0, 0.05) is 30.7 Å². The highest BCUT2D eigenvalue weighted by Crippen LogP contribution is 2.25. The highest BCUT2D eigenvalue weighted by Gasteiger charge is 2.11. The molecule has 0 aliphatic rings. The van der Waals surface area contributed by atoms with Crippen molar-refractivity contribution in [2.75, 3.05) is 0 Å². The molecule has 3 heterocycles. The predicted molar refractivity (Wildman–Crippen MR) is 66.5 cm³/mol. The quantitative estimate of drug-likeness (QED) is 0.637. The third-order valence-corrected chi connectivity index (χ3v) is 2.77. The van der Waals surface area contributed by atoms with Crippen LogP contribution in [-0.4, -0.2) is 19.7 Å². The summed E-state index contributed by atoms with van der Waals surface area (Å²) in [6.45, 7) is 1.99. The van der Waals surface area contributed by atoms with E-state index in [0.717, 1.165) is 28.0 Å². The normalized spacial score (nSPS) is 10.9. The molecule has 0 spiro atoms. The van der Waals surface area contributed by atoms with Gasteiger partial charge >= 0.3 is 0 Å². The Balaban J connectivity index is 2.34. The lowest BCUT2D eigenvalue weighted by Gasteiger charge is -1.96. The molecule has 0 aromatic carbocycles. The predicted octanol–water partition coefficient (Wildman–Crippen LogP) is 2.34. The molecular weight excluding hydrogens is 212 g/mol. The van der Waals surface area contributed by atoms with Crippen molar-refractivity contribution in [3.63, 3.8) is 0 Å². The summed E-state index contributed by atoms with van der Waals surface area (Å²) >= 11 is 0. The summed E-state index contributed by atoms with van der Waals surface area (Å²) < 4.78 is 1.85. The summed E-state index contributed by atoms with van der Waals surface area (Å²) in [5.41, 5.74) is 4.85.